The molecule has 2 unspecified atom stereocenters. The number of carboxylic acids is 1. The maximum Gasteiger partial charge on any atom is 0.303 e. The summed E-state index contributed by atoms with van der Waals surface area (Å²) < 4.78 is 0. The monoisotopic (exact) mass is 202 g/mol. The molecular weight excluding hydrogens is 184 g/mol. The van der Waals surface area contributed by atoms with Crippen molar-refractivity contribution in [2.45, 2.75) is 38.8 Å². The lowest BCUT2D eigenvalue weighted by Crippen LogP contribution is -2.44. The van der Waals surface area contributed by atoms with E-state index in [0.29, 0.717) is 6.42 Å². The highest BCUT2D eigenvalue weighted by atomic mass is 16.4. The molecule has 0 rings (SSSR count). The molecule has 0 spiro atoms. The molecule has 0 saturated heterocycles. The number of carbonyl (C=O) groups is 2. The second kappa shape index (κ2) is 6.37. The Morgan fingerprint density at radius 1 is 1.36 bits per heavy atom. The van der Waals surface area contributed by atoms with Crippen LogP contribution in [-0.4, -0.2) is 36.1 Å². The lowest BCUT2D eigenvalue weighted by molar-refractivity contribution is -0.137. The van der Waals surface area contributed by atoms with Crippen LogP contribution in [0.3, 0.4) is 0 Å². The number of carbonyl (C=O) groups excluding carboxylic acids is 1. The summed E-state index contributed by atoms with van der Waals surface area (Å²) in [5, 5.41) is 14.0. The topological polar surface area (TPSA) is 78.4 Å². The summed E-state index contributed by atoms with van der Waals surface area (Å²) in [5.41, 5.74) is 0. The van der Waals surface area contributed by atoms with Crippen molar-refractivity contribution in [3.63, 3.8) is 0 Å². The van der Waals surface area contributed by atoms with Gasteiger partial charge in [-0.1, -0.05) is 0 Å². The SMILES string of the molecule is CNC(C)C(=O)NC(C)CCC(=O)O. The molecule has 0 aliphatic heterocycles. The summed E-state index contributed by atoms with van der Waals surface area (Å²) >= 11 is 0. The number of hydrogen-bond acceptors (Lipinski definition) is 3. The molecule has 0 bridgehead atoms. The highest BCUT2D eigenvalue weighted by molar-refractivity contribution is 5.81. The molecule has 0 heterocycles. The molecule has 0 aliphatic carbocycles. The Morgan fingerprint density at radius 2 is 1.93 bits per heavy atom. The fourth-order valence-electron chi connectivity index (χ4n) is 0.911. The molecule has 0 aromatic rings. The molecule has 3 N–H and O–H groups in total. The Balaban J connectivity index is 3.76. The number of rotatable bonds is 6. The Morgan fingerprint density at radius 3 is 2.36 bits per heavy atom. The molecule has 1 amide bonds. The molecule has 5 heteroatoms. The maximum atomic E-state index is 11.3. The summed E-state index contributed by atoms with van der Waals surface area (Å²) in [5.74, 6) is -0.946. The predicted octanol–water partition coefficient (Wildman–Crippen LogP) is -0.0362. The van der Waals surface area contributed by atoms with Crippen LogP contribution in [0.1, 0.15) is 26.7 Å². The number of nitrogens with one attached hydrogen (secondary N) is 2. The molecule has 0 fully saturated rings. The zero-order valence-corrected chi connectivity index (χ0v) is 8.83. The molecular formula is C9H18N2O3. The van der Waals surface area contributed by atoms with Crippen LogP contribution in [0.15, 0.2) is 0 Å². The molecule has 0 aromatic heterocycles. The van der Waals surface area contributed by atoms with E-state index < -0.39 is 5.97 Å². The number of hydrogen-bond donors (Lipinski definition) is 3. The van der Waals surface area contributed by atoms with Gasteiger partial charge in [0.25, 0.3) is 0 Å². The van der Waals surface area contributed by atoms with Gasteiger partial charge in [0.2, 0.25) is 5.91 Å². The van der Waals surface area contributed by atoms with E-state index in [1.54, 1.807) is 20.9 Å². The first-order valence-electron chi connectivity index (χ1n) is 4.66. The highest BCUT2D eigenvalue weighted by Crippen LogP contribution is 1.96. The van der Waals surface area contributed by atoms with Crippen molar-refractivity contribution in [3.05, 3.63) is 0 Å². The lowest BCUT2D eigenvalue weighted by Gasteiger charge is -2.16. The summed E-state index contributed by atoms with van der Waals surface area (Å²) in [6.07, 6.45) is 0.535. The highest BCUT2D eigenvalue weighted by Gasteiger charge is 2.13. The van der Waals surface area contributed by atoms with Crippen LogP contribution in [0, 0.1) is 0 Å². The average Bonchev–Trinajstić information content (AvgIpc) is 2.13. The Hall–Kier alpha value is -1.10. The molecule has 0 aromatic carbocycles. The van der Waals surface area contributed by atoms with E-state index >= 15 is 0 Å². The zero-order valence-electron chi connectivity index (χ0n) is 8.83. The van der Waals surface area contributed by atoms with Gasteiger partial charge in [-0.15, -0.1) is 0 Å². The summed E-state index contributed by atoms with van der Waals surface area (Å²) in [7, 11) is 1.70. The summed E-state index contributed by atoms with van der Waals surface area (Å²) in [6.45, 7) is 3.54. The minimum atomic E-state index is -0.840. The van der Waals surface area contributed by atoms with E-state index in [1.807, 2.05) is 0 Å². The van der Waals surface area contributed by atoms with Crippen LogP contribution >= 0.6 is 0 Å². The largest absolute Gasteiger partial charge is 0.481 e. The van der Waals surface area contributed by atoms with Gasteiger partial charge in [-0.05, 0) is 27.3 Å². The van der Waals surface area contributed by atoms with Gasteiger partial charge in [-0.2, -0.15) is 0 Å². The van der Waals surface area contributed by atoms with E-state index in [4.69, 9.17) is 5.11 Å². The number of likely N-dealkylation sites (N-methyl/N-ethyl adjacent to an activating group) is 1. The Bertz CT molecular complexity index is 206. The first kappa shape index (κ1) is 12.9. The fourth-order valence-corrected chi connectivity index (χ4v) is 0.911. The normalized spacial score (nSPS) is 14.5. The van der Waals surface area contributed by atoms with Crippen LogP contribution in [-0.2, 0) is 9.59 Å². The third-order valence-corrected chi connectivity index (χ3v) is 2.01. The molecule has 0 aliphatic rings. The second-order valence-electron chi connectivity index (χ2n) is 3.35. The lowest BCUT2D eigenvalue weighted by atomic mass is 10.1. The van der Waals surface area contributed by atoms with Crippen molar-refractivity contribution >= 4 is 11.9 Å². The molecule has 5 nitrogen and oxygen atoms in total. The first-order chi connectivity index (χ1) is 6.47. The van der Waals surface area contributed by atoms with Gasteiger partial charge in [0.1, 0.15) is 0 Å². The van der Waals surface area contributed by atoms with Crippen molar-refractivity contribution in [1.82, 2.24) is 10.6 Å². The molecule has 82 valence electrons. The van der Waals surface area contributed by atoms with E-state index in [-0.39, 0.29) is 24.4 Å². The van der Waals surface area contributed by atoms with Crippen LogP contribution in [0.25, 0.3) is 0 Å². The number of aliphatic carboxylic acids is 1. The zero-order chi connectivity index (χ0) is 11.1. The first-order valence-corrected chi connectivity index (χ1v) is 4.66. The van der Waals surface area contributed by atoms with E-state index in [0.717, 1.165) is 0 Å². The van der Waals surface area contributed by atoms with Crippen LogP contribution in [0.5, 0.6) is 0 Å². The van der Waals surface area contributed by atoms with Crippen LogP contribution in [0.2, 0.25) is 0 Å². The van der Waals surface area contributed by atoms with Gasteiger partial charge in [0, 0.05) is 12.5 Å². The van der Waals surface area contributed by atoms with Crippen molar-refractivity contribution in [1.29, 1.82) is 0 Å². The molecule has 14 heavy (non-hydrogen) atoms. The average molecular weight is 202 g/mol. The molecule has 2 atom stereocenters. The van der Waals surface area contributed by atoms with Crippen molar-refractivity contribution in [3.8, 4) is 0 Å². The van der Waals surface area contributed by atoms with Gasteiger partial charge in [0.15, 0.2) is 0 Å². The van der Waals surface area contributed by atoms with Crippen molar-refractivity contribution < 1.29 is 14.7 Å². The summed E-state index contributed by atoms with van der Waals surface area (Å²) in [4.78, 5) is 21.6. The second-order valence-corrected chi connectivity index (χ2v) is 3.35. The number of carboxylic acid groups (broad SMARTS) is 1. The Kier molecular flexibility index (Phi) is 5.87. The Labute approximate surface area is 83.9 Å². The third-order valence-electron chi connectivity index (χ3n) is 2.01. The fraction of sp³-hybridized carbons (Fsp3) is 0.778. The minimum Gasteiger partial charge on any atom is -0.481 e. The van der Waals surface area contributed by atoms with Gasteiger partial charge in [0.05, 0.1) is 6.04 Å². The van der Waals surface area contributed by atoms with Gasteiger partial charge < -0.3 is 15.7 Å². The van der Waals surface area contributed by atoms with Gasteiger partial charge >= 0.3 is 5.97 Å². The van der Waals surface area contributed by atoms with E-state index in [2.05, 4.69) is 10.6 Å². The van der Waals surface area contributed by atoms with Gasteiger partial charge in [-0.3, -0.25) is 9.59 Å². The minimum absolute atomic E-state index is 0.0788. The molecule has 0 radical (unpaired) electrons. The van der Waals surface area contributed by atoms with E-state index in [9.17, 15) is 9.59 Å². The maximum absolute atomic E-state index is 11.3. The smallest absolute Gasteiger partial charge is 0.303 e. The van der Waals surface area contributed by atoms with E-state index in [1.165, 1.54) is 0 Å². The summed E-state index contributed by atoms with van der Waals surface area (Å²) in [6, 6.07) is -0.350. The van der Waals surface area contributed by atoms with Crippen LogP contribution < -0.4 is 10.6 Å². The van der Waals surface area contributed by atoms with Gasteiger partial charge in [-0.25, -0.2) is 0 Å². The van der Waals surface area contributed by atoms with Crippen molar-refractivity contribution in [2.75, 3.05) is 7.05 Å². The van der Waals surface area contributed by atoms with Crippen LogP contribution in [0.4, 0.5) is 0 Å². The third kappa shape index (κ3) is 5.53. The quantitative estimate of drug-likeness (QED) is 0.565. The number of amides is 1. The standard InChI is InChI=1S/C9H18N2O3/c1-6(4-5-8(12)13)11-9(14)7(2)10-3/h6-7,10H,4-5H2,1-3H3,(H,11,14)(H,12,13). The predicted molar refractivity (Wildman–Crippen MR) is 53.0 cm³/mol. The van der Waals surface area contributed by atoms with Crippen molar-refractivity contribution in [2.24, 2.45) is 0 Å². The molecule has 0 saturated carbocycles.